The first kappa shape index (κ1) is 14.2. The van der Waals surface area contributed by atoms with Crippen molar-refractivity contribution < 1.29 is 4.79 Å². The Morgan fingerprint density at radius 2 is 2.32 bits per heavy atom. The van der Waals surface area contributed by atoms with Crippen molar-refractivity contribution in [2.75, 3.05) is 11.9 Å². The molecule has 3 N–H and O–H groups in total. The van der Waals surface area contributed by atoms with Gasteiger partial charge < -0.3 is 10.3 Å². The number of aromatic amines is 1. The first-order valence-corrected chi connectivity index (χ1v) is 7.48. The van der Waals surface area contributed by atoms with Crippen molar-refractivity contribution in [2.24, 2.45) is 0 Å². The highest BCUT2D eigenvalue weighted by Gasteiger charge is 2.11. The second kappa shape index (κ2) is 5.94. The van der Waals surface area contributed by atoms with Crippen LogP contribution in [-0.2, 0) is 0 Å². The molecular weight excluding hydrogens is 302 g/mol. The van der Waals surface area contributed by atoms with E-state index in [1.54, 1.807) is 24.5 Å². The molecule has 8 heteroatoms. The van der Waals surface area contributed by atoms with Crippen LogP contribution in [0.1, 0.15) is 6.92 Å². The van der Waals surface area contributed by atoms with Crippen molar-refractivity contribution in [1.82, 2.24) is 20.3 Å². The lowest BCUT2D eigenvalue weighted by Crippen LogP contribution is -2.28. The summed E-state index contributed by atoms with van der Waals surface area (Å²) in [6, 6.07) is 4.95. The molecule has 0 aliphatic carbocycles. The zero-order valence-corrected chi connectivity index (χ0v) is 12.5. The molecule has 7 nitrogen and oxygen atoms in total. The molecule has 2 amide bonds. The summed E-state index contributed by atoms with van der Waals surface area (Å²) >= 11 is 1.22. The largest absolute Gasteiger partial charge is 0.338 e. The minimum Gasteiger partial charge on any atom is -0.338 e. The zero-order valence-electron chi connectivity index (χ0n) is 11.7. The van der Waals surface area contributed by atoms with Crippen LogP contribution in [0.15, 0.2) is 35.4 Å². The van der Waals surface area contributed by atoms with E-state index in [-0.39, 0.29) is 11.6 Å². The maximum Gasteiger partial charge on any atom is 0.321 e. The van der Waals surface area contributed by atoms with Gasteiger partial charge in [0, 0.05) is 24.5 Å². The summed E-state index contributed by atoms with van der Waals surface area (Å²) in [6.07, 6.45) is 3.27. The minimum atomic E-state index is -0.323. The van der Waals surface area contributed by atoms with Gasteiger partial charge in [0.15, 0.2) is 5.13 Å². The second-order valence-corrected chi connectivity index (χ2v) is 5.47. The van der Waals surface area contributed by atoms with Crippen molar-refractivity contribution in [3.63, 3.8) is 0 Å². The normalized spacial score (nSPS) is 10.6. The van der Waals surface area contributed by atoms with E-state index in [9.17, 15) is 9.59 Å². The molecule has 112 valence electrons. The van der Waals surface area contributed by atoms with Gasteiger partial charge in [-0.1, -0.05) is 17.4 Å². The monoisotopic (exact) mass is 315 g/mol. The van der Waals surface area contributed by atoms with E-state index in [1.165, 1.54) is 11.3 Å². The first-order valence-electron chi connectivity index (χ1n) is 6.66. The average Bonchev–Trinajstić information content (AvgIpc) is 2.88. The number of hydrogen-bond acceptors (Lipinski definition) is 5. The molecule has 0 fully saturated rings. The van der Waals surface area contributed by atoms with E-state index < -0.39 is 0 Å². The molecule has 0 aliphatic heterocycles. The number of urea groups is 1. The Morgan fingerprint density at radius 1 is 1.45 bits per heavy atom. The number of anilines is 1. The molecule has 0 radical (unpaired) electrons. The minimum absolute atomic E-state index is 0.214. The Morgan fingerprint density at radius 3 is 3.05 bits per heavy atom. The van der Waals surface area contributed by atoms with Crippen molar-refractivity contribution in [3.05, 3.63) is 40.9 Å². The molecule has 3 aromatic rings. The van der Waals surface area contributed by atoms with Crippen LogP contribution in [-0.4, -0.2) is 27.5 Å². The van der Waals surface area contributed by atoms with E-state index in [4.69, 9.17) is 0 Å². The highest BCUT2D eigenvalue weighted by Crippen LogP contribution is 2.25. The van der Waals surface area contributed by atoms with Gasteiger partial charge in [-0.25, -0.2) is 9.78 Å². The smallest absolute Gasteiger partial charge is 0.321 e. The summed E-state index contributed by atoms with van der Waals surface area (Å²) in [7, 11) is 0. The fourth-order valence-electron chi connectivity index (χ4n) is 1.98. The van der Waals surface area contributed by atoms with Gasteiger partial charge in [-0.05, 0) is 19.1 Å². The molecule has 0 aromatic carbocycles. The van der Waals surface area contributed by atoms with Crippen molar-refractivity contribution >= 4 is 32.8 Å². The maximum atomic E-state index is 12.2. The Bertz CT molecular complexity index is 872. The number of rotatable bonds is 3. The second-order valence-electron chi connectivity index (χ2n) is 4.47. The molecule has 3 rings (SSSR count). The Balaban J connectivity index is 1.99. The number of thiazole rings is 1. The number of nitrogens with zero attached hydrogens (tertiary/aromatic N) is 2. The van der Waals surface area contributed by atoms with E-state index in [0.717, 1.165) is 5.56 Å². The van der Waals surface area contributed by atoms with Crippen LogP contribution in [0.3, 0.4) is 0 Å². The Hall–Kier alpha value is -2.74. The van der Waals surface area contributed by atoms with Crippen LogP contribution >= 0.6 is 11.3 Å². The molecule has 0 saturated carbocycles. The number of carbonyl (C=O) groups excluding carboxylic acids is 1. The standard InChI is InChI=1S/C14H13N5O2S/c1-2-16-13(21)19-14-17-10-6-9(8-4-3-5-15-7-8)11(20)18-12(10)22-14/h3-7H,2H2,1H3,(H,18,20)(H2,16,17,19,21). The number of H-pyrrole nitrogens is 1. The van der Waals surface area contributed by atoms with Gasteiger partial charge in [-0.2, -0.15) is 0 Å². The number of carbonyl (C=O) groups is 1. The summed E-state index contributed by atoms with van der Waals surface area (Å²) in [6.45, 7) is 2.36. The molecular formula is C14H13N5O2S. The topological polar surface area (TPSA) is 99.8 Å². The maximum absolute atomic E-state index is 12.2. The predicted octanol–water partition coefficient (Wildman–Crippen LogP) is 2.19. The third-order valence-electron chi connectivity index (χ3n) is 2.94. The lowest BCUT2D eigenvalue weighted by atomic mass is 10.1. The summed E-state index contributed by atoms with van der Waals surface area (Å²) in [4.78, 5) is 35.4. The van der Waals surface area contributed by atoms with Gasteiger partial charge in [0.25, 0.3) is 5.56 Å². The van der Waals surface area contributed by atoms with Crippen molar-refractivity contribution in [1.29, 1.82) is 0 Å². The Kier molecular flexibility index (Phi) is 3.84. The quantitative estimate of drug-likeness (QED) is 0.689. The van der Waals surface area contributed by atoms with Crippen LogP contribution in [0, 0.1) is 0 Å². The molecule has 0 unspecified atom stereocenters. The fourth-order valence-corrected chi connectivity index (χ4v) is 2.82. The molecule has 0 saturated heterocycles. The highest BCUT2D eigenvalue weighted by molar-refractivity contribution is 7.21. The summed E-state index contributed by atoms with van der Waals surface area (Å²) < 4.78 is 0. The molecule has 0 atom stereocenters. The van der Waals surface area contributed by atoms with Crippen LogP contribution < -0.4 is 16.2 Å². The van der Waals surface area contributed by atoms with E-state index in [0.29, 0.717) is 27.6 Å². The van der Waals surface area contributed by atoms with Gasteiger partial charge >= 0.3 is 6.03 Å². The van der Waals surface area contributed by atoms with E-state index in [1.807, 2.05) is 13.0 Å². The third-order valence-corrected chi connectivity index (χ3v) is 3.84. The number of aromatic nitrogens is 3. The van der Waals surface area contributed by atoms with Gasteiger partial charge in [0.1, 0.15) is 10.3 Å². The lowest BCUT2D eigenvalue weighted by Gasteiger charge is -2.00. The van der Waals surface area contributed by atoms with Crippen LogP contribution in [0.25, 0.3) is 21.5 Å². The molecule has 0 spiro atoms. The van der Waals surface area contributed by atoms with Gasteiger partial charge in [0.05, 0.1) is 5.56 Å². The lowest BCUT2D eigenvalue weighted by molar-refractivity contribution is 0.252. The van der Waals surface area contributed by atoms with Crippen molar-refractivity contribution in [2.45, 2.75) is 6.92 Å². The van der Waals surface area contributed by atoms with Gasteiger partial charge in [-0.15, -0.1) is 0 Å². The fraction of sp³-hybridized carbons (Fsp3) is 0.143. The van der Waals surface area contributed by atoms with E-state index >= 15 is 0 Å². The molecule has 0 aliphatic rings. The number of pyridine rings is 2. The number of fused-ring (bicyclic) bond motifs is 1. The number of amides is 2. The van der Waals surface area contributed by atoms with Crippen LogP contribution in [0.2, 0.25) is 0 Å². The zero-order chi connectivity index (χ0) is 15.5. The third kappa shape index (κ3) is 2.82. The van der Waals surface area contributed by atoms with Gasteiger partial charge in [0.2, 0.25) is 0 Å². The van der Waals surface area contributed by atoms with Crippen molar-refractivity contribution in [3.8, 4) is 11.1 Å². The predicted molar refractivity (Wildman–Crippen MR) is 86.2 cm³/mol. The summed E-state index contributed by atoms with van der Waals surface area (Å²) in [5.41, 5.74) is 1.62. The van der Waals surface area contributed by atoms with Gasteiger partial charge in [-0.3, -0.25) is 15.1 Å². The summed E-state index contributed by atoms with van der Waals surface area (Å²) in [5.74, 6) is 0. The summed E-state index contributed by atoms with van der Waals surface area (Å²) in [5, 5.41) is 5.69. The molecule has 3 aromatic heterocycles. The van der Waals surface area contributed by atoms with E-state index in [2.05, 4.69) is 25.6 Å². The molecule has 22 heavy (non-hydrogen) atoms. The van der Waals surface area contributed by atoms with Crippen LogP contribution in [0.5, 0.6) is 0 Å². The molecule has 0 bridgehead atoms. The first-order chi connectivity index (χ1) is 10.7. The molecule has 3 heterocycles. The highest BCUT2D eigenvalue weighted by atomic mass is 32.1. The SMILES string of the molecule is CCNC(=O)Nc1nc2cc(-c3cccnc3)c(=O)[nH]c2s1. The Labute approximate surface area is 129 Å². The average molecular weight is 315 g/mol. The van der Waals surface area contributed by atoms with Crippen LogP contribution in [0.4, 0.5) is 9.93 Å². The number of hydrogen-bond donors (Lipinski definition) is 3. The number of nitrogens with one attached hydrogen (secondary N) is 3.